The Hall–Kier alpha value is -1.88. The van der Waals surface area contributed by atoms with Crippen molar-refractivity contribution in [3.8, 4) is 0 Å². The van der Waals surface area contributed by atoms with Crippen LogP contribution in [0.2, 0.25) is 0 Å². The van der Waals surface area contributed by atoms with Crippen LogP contribution in [0.4, 0.5) is 0 Å². The number of rotatable bonds is 3. The molecule has 2 heterocycles. The van der Waals surface area contributed by atoms with Crippen molar-refractivity contribution in [2.24, 2.45) is 0 Å². The van der Waals surface area contributed by atoms with Gasteiger partial charge in [-0.3, -0.25) is 4.79 Å². The van der Waals surface area contributed by atoms with E-state index in [-0.39, 0.29) is 25.0 Å². The van der Waals surface area contributed by atoms with E-state index in [4.69, 9.17) is 4.52 Å². The molecule has 5 heteroatoms. The van der Waals surface area contributed by atoms with Gasteiger partial charge in [-0.1, -0.05) is 17.3 Å². The fourth-order valence-corrected chi connectivity index (χ4v) is 2.66. The second-order valence-electron chi connectivity index (χ2n) is 4.87. The molecule has 1 amide bonds. The van der Waals surface area contributed by atoms with Gasteiger partial charge >= 0.3 is 0 Å². The van der Waals surface area contributed by atoms with Gasteiger partial charge in [0.05, 0.1) is 19.1 Å². The van der Waals surface area contributed by atoms with Gasteiger partial charge in [-0.2, -0.15) is 0 Å². The zero-order valence-electron chi connectivity index (χ0n) is 10.6. The number of aliphatic hydroxyl groups excluding tert-OH is 1. The average Bonchev–Trinajstić information content (AvgIpc) is 3.05. The summed E-state index contributed by atoms with van der Waals surface area (Å²) in [5.41, 5.74) is 1.37. The van der Waals surface area contributed by atoms with Crippen LogP contribution in [-0.4, -0.2) is 40.3 Å². The van der Waals surface area contributed by atoms with Crippen molar-refractivity contribution in [2.45, 2.75) is 25.3 Å². The third kappa shape index (κ3) is 2.21. The number of aliphatic hydroxyl groups is 1. The summed E-state index contributed by atoms with van der Waals surface area (Å²) in [7, 11) is 0. The molecule has 1 atom stereocenters. The number of hydrogen-bond donors (Lipinski definition) is 1. The van der Waals surface area contributed by atoms with Gasteiger partial charge in [0.25, 0.3) is 0 Å². The molecule has 1 aromatic carbocycles. The van der Waals surface area contributed by atoms with Crippen molar-refractivity contribution >= 4 is 16.9 Å². The molecule has 1 aromatic heterocycles. The van der Waals surface area contributed by atoms with Gasteiger partial charge in [-0.05, 0) is 25.0 Å². The highest BCUT2D eigenvalue weighted by Crippen LogP contribution is 2.21. The quantitative estimate of drug-likeness (QED) is 0.904. The lowest BCUT2D eigenvalue weighted by atomic mass is 10.1. The van der Waals surface area contributed by atoms with E-state index in [9.17, 15) is 9.90 Å². The van der Waals surface area contributed by atoms with Gasteiger partial charge in [-0.15, -0.1) is 0 Å². The Morgan fingerprint density at radius 3 is 3.16 bits per heavy atom. The maximum absolute atomic E-state index is 12.3. The van der Waals surface area contributed by atoms with Crippen LogP contribution in [0, 0.1) is 0 Å². The lowest BCUT2D eigenvalue weighted by molar-refractivity contribution is -0.132. The summed E-state index contributed by atoms with van der Waals surface area (Å²) in [4.78, 5) is 14.0. The standard InChI is InChI=1S/C14H16N2O3/c17-9-10-4-3-7-16(10)14(18)8-12-11-5-1-2-6-13(11)19-15-12/h1-2,5-6,10,17H,3-4,7-9H2/t10-/m0/s1. The molecule has 3 rings (SSSR count). The highest BCUT2D eigenvalue weighted by atomic mass is 16.5. The molecule has 2 aromatic rings. The van der Waals surface area contributed by atoms with Crippen LogP contribution in [0.1, 0.15) is 18.5 Å². The maximum Gasteiger partial charge on any atom is 0.229 e. The topological polar surface area (TPSA) is 66.6 Å². The molecule has 1 fully saturated rings. The van der Waals surface area contributed by atoms with E-state index in [1.807, 2.05) is 24.3 Å². The smallest absolute Gasteiger partial charge is 0.229 e. The summed E-state index contributed by atoms with van der Waals surface area (Å²) in [5.74, 6) is 0.00982. The van der Waals surface area contributed by atoms with Crippen LogP contribution in [0.3, 0.4) is 0 Å². The van der Waals surface area contributed by atoms with E-state index >= 15 is 0 Å². The molecule has 0 bridgehead atoms. The first-order valence-corrected chi connectivity index (χ1v) is 6.53. The SMILES string of the molecule is O=C(Cc1noc2ccccc12)N1CCC[C@H]1CO. The van der Waals surface area contributed by atoms with Gasteiger partial charge in [0.1, 0.15) is 5.69 Å². The van der Waals surface area contributed by atoms with Crippen LogP contribution in [0.25, 0.3) is 11.0 Å². The average molecular weight is 260 g/mol. The molecule has 0 spiro atoms. The zero-order valence-corrected chi connectivity index (χ0v) is 10.6. The van der Waals surface area contributed by atoms with E-state index in [0.717, 1.165) is 24.8 Å². The zero-order chi connectivity index (χ0) is 13.2. The van der Waals surface area contributed by atoms with Crippen molar-refractivity contribution in [3.63, 3.8) is 0 Å². The number of benzene rings is 1. The summed E-state index contributed by atoms with van der Waals surface area (Å²) >= 11 is 0. The van der Waals surface area contributed by atoms with Crippen LogP contribution < -0.4 is 0 Å². The maximum atomic E-state index is 12.3. The lowest BCUT2D eigenvalue weighted by Crippen LogP contribution is -2.38. The van der Waals surface area contributed by atoms with Crippen LogP contribution >= 0.6 is 0 Å². The third-order valence-electron chi connectivity index (χ3n) is 3.68. The molecule has 0 aliphatic carbocycles. The summed E-state index contributed by atoms with van der Waals surface area (Å²) in [6, 6.07) is 7.48. The second kappa shape index (κ2) is 5.01. The lowest BCUT2D eigenvalue weighted by Gasteiger charge is -2.22. The van der Waals surface area contributed by atoms with Crippen LogP contribution in [-0.2, 0) is 11.2 Å². The molecule has 1 aliphatic rings. The number of amides is 1. The number of para-hydroxylation sites is 1. The molecule has 0 saturated carbocycles. The van der Waals surface area contributed by atoms with E-state index in [2.05, 4.69) is 5.16 Å². The van der Waals surface area contributed by atoms with Crippen molar-refractivity contribution in [1.82, 2.24) is 10.1 Å². The van der Waals surface area contributed by atoms with Crippen molar-refractivity contribution in [1.29, 1.82) is 0 Å². The molecule has 100 valence electrons. The first-order valence-electron chi connectivity index (χ1n) is 6.53. The third-order valence-corrected chi connectivity index (χ3v) is 3.68. The van der Waals surface area contributed by atoms with E-state index in [1.54, 1.807) is 4.90 Å². The summed E-state index contributed by atoms with van der Waals surface area (Å²) < 4.78 is 5.20. The highest BCUT2D eigenvalue weighted by Gasteiger charge is 2.28. The number of hydrogen-bond acceptors (Lipinski definition) is 4. The van der Waals surface area contributed by atoms with Gasteiger partial charge in [0.2, 0.25) is 5.91 Å². The van der Waals surface area contributed by atoms with Crippen molar-refractivity contribution in [3.05, 3.63) is 30.0 Å². The van der Waals surface area contributed by atoms with Gasteiger partial charge in [0.15, 0.2) is 5.58 Å². The Morgan fingerprint density at radius 2 is 2.32 bits per heavy atom. The first-order chi connectivity index (χ1) is 9.29. The molecule has 1 saturated heterocycles. The number of fused-ring (bicyclic) bond motifs is 1. The number of nitrogens with zero attached hydrogens (tertiary/aromatic N) is 2. The molecule has 1 N–H and O–H groups in total. The minimum Gasteiger partial charge on any atom is -0.394 e. The molecular formula is C14H16N2O3. The number of carbonyl (C=O) groups is 1. The first kappa shape index (κ1) is 12.2. The van der Waals surface area contributed by atoms with Gasteiger partial charge in [-0.25, -0.2) is 0 Å². The molecule has 19 heavy (non-hydrogen) atoms. The van der Waals surface area contributed by atoms with Crippen LogP contribution in [0.5, 0.6) is 0 Å². The number of likely N-dealkylation sites (tertiary alicyclic amines) is 1. The Morgan fingerprint density at radius 1 is 1.47 bits per heavy atom. The minimum atomic E-state index is -0.0364. The van der Waals surface area contributed by atoms with Crippen LogP contribution in [0.15, 0.2) is 28.8 Å². The number of aromatic nitrogens is 1. The Balaban J connectivity index is 1.79. The molecule has 0 radical (unpaired) electrons. The van der Waals surface area contributed by atoms with E-state index < -0.39 is 0 Å². The minimum absolute atomic E-state index is 0.00982. The second-order valence-corrected chi connectivity index (χ2v) is 4.87. The Bertz CT molecular complexity index is 593. The predicted molar refractivity (Wildman–Crippen MR) is 69.5 cm³/mol. The fourth-order valence-electron chi connectivity index (χ4n) is 2.66. The fraction of sp³-hybridized carbons (Fsp3) is 0.429. The highest BCUT2D eigenvalue weighted by molar-refractivity contribution is 5.86. The van der Waals surface area contributed by atoms with Gasteiger partial charge < -0.3 is 14.5 Å². The van der Waals surface area contributed by atoms with E-state index in [0.29, 0.717) is 11.3 Å². The van der Waals surface area contributed by atoms with E-state index in [1.165, 1.54) is 0 Å². The largest absolute Gasteiger partial charge is 0.394 e. The summed E-state index contributed by atoms with van der Waals surface area (Å²) in [6.45, 7) is 0.755. The Kier molecular flexibility index (Phi) is 3.21. The summed E-state index contributed by atoms with van der Waals surface area (Å²) in [6.07, 6.45) is 2.06. The normalized spacial score (nSPS) is 19.2. The molecule has 0 unspecified atom stereocenters. The predicted octanol–water partition coefficient (Wildman–Crippen LogP) is 1.35. The molecule has 5 nitrogen and oxygen atoms in total. The van der Waals surface area contributed by atoms with Crippen molar-refractivity contribution < 1.29 is 14.4 Å². The Labute approximate surface area is 110 Å². The van der Waals surface area contributed by atoms with Crippen molar-refractivity contribution in [2.75, 3.05) is 13.2 Å². The monoisotopic (exact) mass is 260 g/mol. The molecule has 1 aliphatic heterocycles. The number of carbonyl (C=O) groups excluding carboxylic acids is 1. The summed E-state index contributed by atoms with van der Waals surface area (Å²) in [5, 5.41) is 14.1. The van der Waals surface area contributed by atoms with Gasteiger partial charge in [0, 0.05) is 11.9 Å². The molecular weight excluding hydrogens is 244 g/mol.